The zero-order chi connectivity index (χ0) is 18.0. The number of likely N-dealkylation sites (tertiary alicyclic amines) is 1. The molecule has 3 fully saturated rings. The van der Waals surface area contributed by atoms with E-state index in [0.29, 0.717) is 24.0 Å². The normalized spacial score (nSPS) is 32.3. The van der Waals surface area contributed by atoms with Gasteiger partial charge in [0.2, 0.25) is 0 Å². The predicted octanol–water partition coefficient (Wildman–Crippen LogP) is 4.72. The molecule has 3 rings (SSSR count). The molecule has 0 aromatic carbocycles. The minimum Gasteiger partial charge on any atom is -0.444 e. The van der Waals surface area contributed by atoms with E-state index in [4.69, 9.17) is 4.74 Å². The number of hydrogen-bond acceptors (Lipinski definition) is 3. The zero-order valence-electron chi connectivity index (χ0n) is 16.7. The number of nitrogens with zero attached hydrogens (tertiary/aromatic N) is 1. The molecule has 4 atom stereocenters. The number of amides is 1. The largest absolute Gasteiger partial charge is 0.444 e. The molecule has 1 heterocycles. The molecular weight excluding hydrogens is 312 g/mol. The molecule has 0 aromatic heterocycles. The van der Waals surface area contributed by atoms with Gasteiger partial charge in [0.05, 0.1) is 0 Å². The predicted molar refractivity (Wildman–Crippen MR) is 102 cm³/mol. The van der Waals surface area contributed by atoms with Gasteiger partial charge in [0.25, 0.3) is 0 Å². The van der Waals surface area contributed by atoms with E-state index in [1.807, 2.05) is 25.7 Å². The van der Waals surface area contributed by atoms with Crippen LogP contribution in [0.15, 0.2) is 0 Å². The molecule has 3 aliphatic rings. The van der Waals surface area contributed by atoms with Crippen molar-refractivity contribution in [3.05, 3.63) is 0 Å². The highest BCUT2D eigenvalue weighted by molar-refractivity contribution is 5.69. The summed E-state index contributed by atoms with van der Waals surface area (Å²) in [5.74, 6) is 1.45. The van der Waals surface area contributed by atoms with Crippen molar-refractivity contribution in [1.82, 2.24) is 10.2 Å². The summed E-state index contributed by atoms with van der Waals surface area (Å²) in [5, 5.41) is 3.98. The quantitative estimate of drug-likeness (QED) is 0.797. The summed E-state index contributed by atoms with van der Waals surface area (Å²) < 4.78 is 5.68. The standard InChI is InChI=1S/C21H38N2O2/c1-15(16-9-5-6-10-16)22-18-12-7-11-17(18)19-13-8-14-23(19)20(24)25-21(2,3)4/h15-19,22H,5-14H2,1-4H3/t15-,17?,18?,19?/m0/s1. The third-order valence-electron chi connectivity index (χ3n) is 6.57. The fraction of sp³-hybridized carbons (Fsp3) is 0.952. The van der Waals surface area contributed by atoms with E-state index in [2.05, 4.69) is 12.2 Å². The lowest BCUT2D eigenvalue weighted by Gasteiger charge is -2.36. The molecule has 25 heavy (non-hydrogen) atoms. The van der Waals surface area contributed by atoms with Crippen LogP contribution in [0.5, 0.6) is 0 Å². The lowest BCUT2D eigenvalue weighted by molar-refractivity contribution is 0.0164. The number of hydrogen-bond donors (Lipinski definition) is 1. The van der Waals surface area contributed by atoms with Crippen molar-refractivity contribution >= 4 is 6.09 Å². The van der Waals surface area contributed by atoms with Crippen LogP contribution in [-0.2, 0) is 4.74 Å². The van der Waals surface area contributed by atoms with Gasteiger partial charge in [-0.2, -0.15) is 0 Å². The Morgan fingerprint density at radius 2 is 1.76 bits per heavy atom. The molecule has 3 unspecified atom stereocenters. The van der Waals surface area contributed by atoms with E-state index < -0.39 is 5.60 Å². The summed E-state index contributed by atoms with van der Waals surface area (Å²) in [6.07, 6.45) is 11.5. The first-order valence-corrected chi connectivity index (χ1v) is 10.6. The van der Waals surface area contributed by atoms with E-state index >= 15 is 0 Å². The molecule has 0 spiro atoms. The van der Waals surface area contributed by atoms with Gasteiger partial charge in [0, 0.05) is 24.7 Å². The van der Waals surface area contributed by atoms with Crippen molar-refractivity contribution < 1.29 is 9.53 Å². The Kier molecular flexibility index (Phi) is 5.97. The average molecular weight is 351 g/mol. The minimum absolute atomic E-state index is 0.107. The molecule has 1 N–H and O–H groups in total. The van der Waals surface area contributed by atoms with Gasteiger partial charge in [0.15, 0.2) is 0 Å². The third-order valence-corrected chi connectivity index (χ3v) is 6.57. The topological polar surface area (TPSA) is 41.6 Å². The van der Waals surface area contributed by atoms with Crippen molar-refractivity contribution in [2.45, 2.75) is 109 Å². The molecule has 2 aliphatic carbocycles. The summed E-state index contributed by atoms with van der Waals surface area (Å²) in [5.41, 5.74) is -0.408. The Morgan fingerprint density at radius 1 is 1.04 bits per heavy atom. The third kappa shape index (κ3) is 4.69. The maximum atomic E-state index is 12.6. The first-order valence-electron chi connectivity index (χ1n) is 10.6. The highest BCUT2D eigenvalue weighted by Crippen LogP contribution is 2.37. The summed E-state index contributed by atoms with van der Waals surface area (Å²) in [6.45, 7) is 9.12. The van der Waals surface area contributed by atoms with E-state index in [9.17, 15) is 4.79 Å². The second-order valence-corrected chi connectivity index (χ2v) is 9.58. The van der Waals surface area contributed by atoms with Crippen molar-refractivity contribution in [2.75, 3.05) is 6.54 Å². The van der Waals surface area contributed by atoms with Crippen LogP contribution in [0, 0.1) is 11.8 Å². The molecule has 1 saturated heterocycles. The summed E-state index contributed by atoms with van der Waals surface area (Å²) in [6, 6.07) is 1.55. The van der Waals surface area contributed by atoms with Gasteiger partial charge in [-0.3, -0.25) is 0 Å². The van der Waals surface area contributed by atoms with Gasteiger partial charge < -0.3 is 15.0 Å². The second-order valence-electron chi connectivity index (χ2n) is 9.58. The molecule has 1 amide bonds. The van der Waals surface area contributed by atoms with Gasteiger partial charge in [-0.1, -0.05) is 19.3 Å². The SMILES string of the molecule is C[C@H](NC1CCCC1C1CCCN1C(=O)OC(C)(C)C)C1CCCC1. The summed E-state index contributed by atoms with van der Waals surface area (Å²) in [4.78, 5) is 14.7. The van der Waals surface area contributed by atoms with Crippen LogP contribution >= 0.6 is 0 Å². The van der Waals surface area contributed by atoms with Gasteiger partial charge in [-0.25, -0.2) is 4.79 Å². The number of carbonyl (C=O) groups excluding carboxylic acids is 1. The fourth-order valence-corrected chi connectivity index (χ4v) is 5.37. The van der Waals surface area contributed by atoms with Crippen molar-refractivity contribution in [3.63, 3.8) is 0 Å². The van der Waals surface area contributed by atoms with Crippen molar-refractivity contribution in [2.24, 2.45) is 11.8 Å². The lowest BCUT2D eigenvalue weighted by Crippen LogP contribution is -2.50. The van der Waals surface area contributed by atoms with Gasteiger partial charge in [0.1, 0.15) is 5.60 Å². The van der Waals surface area contributed by atoms with Crippen LogP contribution in [-0.4, -0.2) is 41.3 Å². The lowest BCUT2D eigenvalue weighted by atomic mass is 9.90. The number of carbonyl (C=O) groups is 1. The Labute approximate surface area is 154 Å². The first-order chi connectivity index (χ1) is 11.8. The Balaban J connectivity index is 1.61. The van der Waals surface area contributed by atoms with Crippen LogP contribution in [0.3, 0.4) is 0 Å². The highest BCUT2D eigenvalue weighted by Gasteiger charge is 2.42. The minimum atomic E-state index is -0.408. The molecule has 1 aliphatic heterocycles. The number of nitrogens with one attached hydrogen (secondary N) is 1. The van der Waals surface area contributed by atoms with E-state index in [1.165, 1.54) is 44.9 Å². The summed E-state index contributed by atoms with van der Waals surface area (Å²) in [7, 11) is 0. The monoisotopic (exact) mass is 350 g/mol. The highest BCUT2D eigenvalue weighted by atomic mass is 16.6. The molecule has 4 nitrogen and oxygen atoms in total. The molecule has 144 valence electrons. The molecule has 0 aromatic rings. The van der Waals surface area contributed by atoms with Crippen molar-refractivity contribution in [1.29, 1.82) is 0 Å². The zero-order valence-corrected chi connectivity index (χ0v) is 16.7. The Bertz CT molecular complexity index is 453. The second kappa shape index (κ2) is 7.85. The maximum Gasteiger partial charge on any atom is 0.410 e. The van der Waals surface area contributed by atoms with Crippen LogP contribution in [0.2, 0.25) is 0 Å². The Hall–Kier alpha value is -0.770. The Morgan fingerprint density at radius 3 is 2.44 bits per heavy atom. The molecule has 0 bridgehead atoms. The van der Waals surface area contributed by atoms with Crippen molar-refractivity contribution in [3.8, 4) is 0 Å². The van der Waals surface area contributed by atoms with E-state index in [-0.39, 0.29) is 6.09 Å². The molecular formula is C21H38N2O2. The summed E-state index contributed by atoms with van der Waals surface area (Å²) >= 11 is 0. The maximum absolute atomic E-state index is 12.6. The number of ether oxygens (including phenoxy) is 1. The fourth-order valence-electron chi connectivity index (χ4n) is 5.37. The van der Waals surface area contributed by atoms with Gasteiger partial charge in [-0.05, 0) is 78.1 Å². The van der Waals surface area contributed by atoms with Crippen LogP contribution in [0.25, 0.3) is 0 Å². The smallest absolute Gasteiger partial charge is 0.410 e. The van der Waals surface area contributed by atoms with E-state index in [0.717, 1.165) is 25.3 Å². The van der Waals surface area contributed by atoms with Gasteiger partial charge in [-0.15, -0.1) is 0 Å². The molecule has 2 saturated carbocycles. The van der Waals surface area contributed by atoms with E-state index in [1.54, 1.807) is 0 Å². The van der Waals surface area contributed by atoms with Gasteiger partial charge >= 0.3 is 6.09 Å². The first kappa shape index (κ1) is 19.0. The average Bonchev–Trinajstić information content (AvgIpc) is 3.26. The molecule has 0 radical (unpaired) electrons. The van der Waals surface area contributed by atoms with Crippen LogP contribution < -0.4 is 5.32 Å². The molecule has 4 heteroatoms. The van der Waals surface area contributed by atoms with Crippen LogP contribution in [0.1, 0.15) is 85.5 Å². The van der Waals surface area contributed by atoms with Crippen LogP contribution in [0.4, 0.5) is 4.79 Å². The number of rotatable bonds is 4.